The monoisotopic (exact) mass is 298 g/mol. The number of methoxy groups -OCH3 is 1. The van der Waals surface area contributed by atoms with Crippen LogP contribution in [-0.2, 0) is 9.53 Å². The van der Waals surface area contributed by atoms with Gasteiger partial charge in [0.05, 0.1) is 28.4 Å². The Morgan fingerprint density at radius 2 is 2.25 bits per heavy atom. The fourth-order valence-electron chi connectivity index (χ4n) is 2.05. The zero-order chi connectivity index (χ0) is 14.7. The maximum absolute atomic E-state index is 12.0. The number of hydrogen-bond donors (Lipinski definition) is 3. The van der Waals surface area contributed by atoms with E-state index in [2.05, 4.69) is 10.6 Å². The van der Waals surface area contributed by atoms with Crippen LogP contribution in [0.4, 0.5) is 5.69 Å². The number of carboxylic acid groups (broad SMARTS) is 1. The van der Waals surface area contributed by atoms with Crippen molar-refractivity contribution < 1.29 is 19.4 Å². The van der Waals surface area contributed by atoms with E-state index in [9.17, 15) is 9.59 Å². The molecule has 20 heavy (non-hydrogen) atoms. The van der Waals surface area contributed by atoms with Gasteiger partial charge in [0, 0.05) is 13.7 Å². The smallest absolute Gasteiger partial charge is 0.335 e. The van der Waals surface area contributed by atoms with Gasteiger partial charge in [-0.3, -0.25) is 4.79 Å². The third-order valence-corrected chi connectivity index (χ3v) is 3.53. The van der Waals surface area contributed by atoms with Crippen molar-refractivity contribution in [3.63, 3.8) is 0 Å². The Kier molecular flexibility index (Phi) is 4.59. The number of halogens is 1. The molecular weight excluding hydrogens is 284 g/mol. The molecule has 108 valence electrons. The average Bonchev–Trinajstić information content (AvgIpc) is 2.89. The highest BCUT2D eigenvalue weighted by atomic mass is 35.5. The molecule has 1 heterocycles. The van der Waals surface area contributed by atoms with E-state index in [1.54, 1.807) is 7.11 Å². The second kappa shape index (κ2) is 6.21. The van der Waals surface area contributed by atoms with Gasteiger partial charge in [-0.2, -0.15) is 0 Å². The van der Waals surface area contributed by atoms with Gasteiger partial charge in [0.2, 0.25) is 5.91 Å². The maximum Gasteiger partial charge on any atom is 0.335 e. The van der Waals surface area contributed by atoms with E-state index in [1.165, 1.54) is 18.2 Å². The third kappa shape index (κ3) is 3.27. The van der Waals surface area contributed by atoms with Crippen LogP contribution in [0, 0.1) is 0 Å². The second-order valence-electron chi connectivity index (χ2n) is 4.54. The summed E-state index contributed by atoms with van der Waals surface area (Å²) in [4.78, 5) is 22.8. The Morgan fingerprint density at radius 1 is 1.50 bits per heavy atom. The summed E-state index contributed by atoms with van der Waals surface area (Å²) in [6.45, 7) is 0.625. The fraction of sp³-hybridized carbons (Fsp3) is 0.385. The molecule has 1 fully saturated rings. The molecular formula is C13H15ClN2O4. The van der Waals surface area contributed by atoms with Crippen molar-refractivity contribution in [1.29, 1.82) is 0 Å². The fourth-order valence-corrected chi connectivity index (χ4v) is 2.28. The number of amides is 1. The van der Waals surface area contributed by atoms with E-state index in [4.69, 9.17) is 21.4 Å². The summed E-state index contributed by atoms with van der Waals surface area (Å²) in [6, 6.07) is 3.84. The zero-order valence-electron chi connectivity index (χ0n) is 10.9. The Morgan fingerprint density at radius 3 is 2.80 bits per heavy atom. The number of carbonyl (C=O) groups is 2. The lowest BCUT2D eigenvalue weighted by atomic mass is 10.1. The maximum atomic E-state index is 12.0. The summed E-state index contributed by atoms with van der Waals surface area (Å²) in [5.74, 6) is -1.28. The number of carboxylic acids is 1. The first-order chi connectivity index (χ1) is 9.51. The van der Waals surface area contributed by atoms with E-state index in [1.807, 2.05) is 0 Å². The van der Waals surface area contributed by atoms with Crippen LogP contribution in [-0.4, -0.2) is 42.8 Å². The van der Waals surface area contributed by atoms with Crippen LogP contribution in [0.5, 0.6) is 0 Å². The first-order valence-electron chi connectivity index (χ1n) is 6.11. The topological polar surface area (TPSA) is 87.7 Å². The number of anilines is 1. The Bertz CT molecular complexity index is 535. The molecule has 1 saturated heterocycles. The summed E-state index contributed by atoms with van der Waals surface area (Å²) in [5, 5.41) is 14.8. The molecule has 1 aromatic carbocycles. The number of carbonyl (C=O) groups excluding carboxylic acids is 1. The van der Waals surface area contributed by atoms with E-state index >= 15 is 0 Å². The average molecular weight is 299 g/mol. The largest absolute Gasteiger partial charge is 0.478 e. The predicted octanol–water partition coefficient (Wildman–Crippen LogP) is 1.35. The zero-order valence-corrected chi connectivity index (χ0v) is 11.6. The number of nitrogens with one attached hydrogen (secondary N) is 2. The van der Waals surface area contributed by atoms with Crippen molar-refractivity contribution >= 4 is 29.2 Å². The van der Waals surface area contributed by atoms with Crippen molar-refractivity contribution in [3.8, 4) is 0 Å². The quantitative estimate of drug-likeness (QED) is 0.781. The normalized spacial score (nSPS) is 21.7. The van der Waals surface area contributed by atoms with Gasteiger partial charge in [0.15, 0.2) is 0 Å². The first kappa shape index (κ1) is 14.8. The molecule has 1 aliphatic heterocycles. The van der Waals surface area contributed by atoms with Gasteiger partial charge >= 0.3 is 5.97 Å². The van der Waals surface area contributed by atoms with Gasteiger partial charge in [-0.05, 0) is 24.6 Å². The van der Waals surface area contributed by atoms with Crippen LogP contribution in [0.3, 0.4) is 0 Å². The van der Waals surface area contributed by atoms with Crippen molar-refractivity contribution in [3.05, 3.63) is 28.8 Å². The second-order valence-corrected chi connectivity index (χ2v) is 4.95. The highest BCUT2D eigenvalue weighted by Gasteiger charge is 2.29. The summed E-state index contributed by atoms with van der Waals surface area (Å²) in [5.41, 5.74) is 0.468. The Hall–Kier alpha value is -1.63. The molecule has 1 aromatic rings. The molecule has 0 saturated carbocycles. The Labute approximate surface area is 121 Å². The van der Waals surface area contributed by atoms with Crippen LogP contribution in [0.15, 0.2) is 18.2 Å². The van der Waals surface area contributed by atoms with E-state index in [0.29, 0.717) is 18.7 Å². The van der Waals surface area contributed by atoms with E-state index < -0.39 is 5.97 Å². The molecule has 2 atom stereocenters. The number of benzene rings is 1. The Balaban J connectivity index is 2.03. The number of hydrogen-bond acceptors (Lipinski definition) is 4. The summed E-state index contributed by atoms with van der Waals surface area (Å²) >= 11 is 5.96. The van der Waals surface area contributed by atoms with E-state index in [-0.39, 0.29) is 28.6 Å². The van der Waals surface area contributed by atoms with Crippen molar-refractivity contribution in [2.45, 2.75) is 18.6 Å². The van der Waals surface area contributed by atoms with Gasteiger partial charge in [-0.25, -0.2) is 4.79 Å². The lowest BCUT2D eigenvalue weighted by Gasteiger charge is -2.12. The van der Waals surface area contributed by atoms with Crippen LogP contribution in [0.25, 0.3) is 0 Å². The molecule has 6 nitrogen and oxygen atoms in total. The number of rotatable bonds is 4. The first-order valence-corrected chi connectivity index (χ1v) is 6.49. The van der Waals surface area contributed by atoms with Gasteiger partial charge < -0.3 is 20.5 Å². The molecule has 1 aliphatic rings. The molecule has 0 spiro atoms. The molecule has 7 heteroatoms. The minimum absolute atomic E-state index is 0.0237. The van der Waals surface area contributed by atoms with Gasteiger partial charge in [-0.1, -0.05) is 11.6 Å². The molecule has 1 amide bonds. The third-order valence-electron chi connectivity index (χ3n) is 3.21. The summed E-state index contributed by atoms with van der Waals surface area (Å²) < 4.78 is 5.17. The van der Waals surface area contributed by atoms with Crippen LogP contribution in [0.1, 0.15) is 16.8 Å². The van der Waals surface area contributed by atoms with Crippen LogP contribution < -0.4 is 10.6 Å². The minimum atomic E-state index is -1.06. The molecule has 2 rings (SSSR count). The van der Waals surface area contributed by atoms with Crippen LogP contribution >= 0.6 is 11.6 Å². The van der Waals surface area contributed by atoms with Crippen molar-refractivity contribution in [1.82, 2.24) is 5.32 Å². The lowest BCUT2D eigenvalue weighted by Crippen LogP contribution is -2.35. The summed E-state index contributed by atoms with van der Waals surface area (Å²) in [7, 11) is 1.61. The molecule has 0 aliphatic carbocycles. The highest BCUT2D eigenvalue weighted by Crippen LogP contribution is 2.24. The lowest BCUT2D eigenvalue weighted by molar-refractivity contribution is -0.118. The number of aromatic carboxylic acids is 1. The number of ether oxygens (including phenoxy) is 1. The predicted molar refractivity (Wildman–Crippen MR) is 74.2 cm³/mol. The van der Waals surface area contributed by atoms with Crippen molar-refractivity contribution in [2.75, 3.05) is 19.0 Å². The molecule has 0 bridgehead atoms. The highest BCUT2D eigenvalue weighted by molar-refractivity contribution is 6.34. The molecule has 3 N–H and O–H groups in total. The van der Waals surface area contributed by atoms with Crippen LogP contribution in [0.2, 0.25) is 5.02 Å². The standard InChI is InChI=1S/C13H15ClN2O4/c1-20-8-5-11(15-6-8)12(17)16-10-3-2-7(13(18)19)4-9(10)14/h2-4,8,11,15H,5-6H2,1H3,(H,16,17)(H,18,19). The molecule has 0 radical (unpaired) electrons. The van der Waals surface area contributed by atoms with E-state index in [0.717, 1.165) is 0 Å². The minimum Gasteiger partial charge on any atom is -0.478 e. The molecule has 2 unspecified atom stereocenters. The van der Waals surface area contributed by atoms with Gasteiger partial charge in [0.1, 0.15) is 0 Å². The van der Waals surface area contributed by atoms with Gasteiger partial charge in [0.25, 0.3) is 0 Å². The summed E-state index contributed by atoms with van der Waals surface area (Å²) in [6.07, 6.45) is 0.614. The molecule has 0 aromatic heterocycles. The SMILES string of the molecule is COC1CNC(C(=O)Nc2ccc(C(=O)O)cc2Cl)C1. The van der Waals surface area contributed by atoms with Crippen molar-refractivity contribution in [2.24, 2.45) is 0 Å². The van der Waals surface area contributed by atoms with Gasteiger partial charge in [-0.15, -0.1) is 0 Å².